The summed E-state index contributed by atoms with van der Waals surface area (Å²) in [4.78, 5) is 23.4. The summed E-state index contributed by atoms with van der Waals surface area (Å²) in [5.74, 6) is 1.32. The fraction of sp³-hybridized carbons (Fsp3) is 0.517. The molecule has 3 heterocycles. The van der Waals surface area contributed by atoms with Gasteiger partial charge in [-0.1, -0.05) is 33.8 Å². The Morgan fingerprint density at radius 1 is 1.12 bits per heavy atom. The third kappa shape index (κ3) is 4.71. The monoisotopic (exact) mass is 445 g/mol. The minimum absolute atomic E-state index is 0.165. The Hall–Kier alpha value is -2.62. The van der Waals surface area contributed by atoms with E-state index in [2.05, 4.69) is 86.7 Å². The highest BCUT2D eigenvalue weighted by Crippen LogP contribution is 2.38. The van der Waals surface area contributed by atoms with Gasteiger partial charge in [-0.2, -0.15) is 0 Å². The van der Waals surface area contributed by atoms with Crippen LogP contribution in [-0.4, -0.2) is 33.9 Å². The number of rotatable bonds is 6. The zero-order valence-corrected chi connectivity index (χ0v) is 21.2. The summed E-state index contributed by atoms with van der Waals surface area (Å²) in [6, 6.07) is 11.2. The molecule has 4 heteroatoms. The Labute approximate surface area is 198 Å². The molecular formula is C29H39N3O. The summed E-state index contributed by atoms with van der Waals surface area (Å²) in [6.45, 7) is 14.7. The lowest BCUT2D eigenvalue weighted by Gasteiger charge is -2.35. The van der Waals surface area contributed by atoms with Crippen LogP contribution in [0.1, 0.15) is 87.7 Å². The van der Waals surface area contributed by atoms with Gasteiger partial charge in [0.25, 0.3) is 0 Å². The van der Waals surface area contributed by atoms with Gasteiger partial charge < -0.3 is 9.88 Å². The lowest BCUT2D eigenvalue weighted by molar-refractivity contribution is -0.137. The molecule has 3 aromatic rings. The molecule has 1 fully saturated rings. The van der Waals surface area contributed by atoms with Gasteiger partial charge in [-0.05, 0) is 80.8 Å². The number of pyridine rings is 1. The van der Waals surface area contributed by atoms with E-state index in [9.17, 15) is 4.79 Å². The normalized spacial score (nSPS) is 16.8. The second-order valence-electron chi connectivity index (χ2n) is 10.1. The molecule has 1 atom stereocenters. The van der Waals surface area contributed by atoms with Gasteiger partial charge in [0.05, 0.1) is 5.69 Å². The first-order valence-electron chi connectivity index (χ1n) is 12.7. The molecule has 0 spiro atoms. The molecule has 176 valence electrons. The zero-order chi connectivity index (χ0) is 23.7. The summed E-state index contributed by atoms with van der Waals surface area (Å²) in [5, 5.41) is 1.31. The number of aromatic amines is 1. The first-order chi connectivity index (χ1) is 15.8. The lowest BCUT2D eigenvalue weighted by Crippen LogP contribution is -2.42. The molecule has 0 saturated carbocycles. The predicted molar refractivity (Wildman–Crippen MR) is 138 cm³/mol. The van der Waals surface area contributed by atoms with Crippen molar-refractivity contribution in [3.63, 3.8) is 0 Å². The van der Waals surface area contributed by atoms with Crippen molar-refractivity contribution in [1.82, 2.24) is 14.9 Å². The van der Waals surface area contributed by atoms with Crippen LogP contribution in [0.15, 0.2) is 30.3 Å². The number of piperidine rings is 1. The number of benzene rings is 1. The SMILES string of the molecule is CCC(CC)C(=O)N1CCCC(c2ccc3[nH]c(-c4cc(C)nc(C)c4)c(C(C)C)c3c2)C1. The van der Waals surface area contributed by atoms with Crippen molar-refractivity contribution >= 4 is 16.8 Å². The van der Waals surface area contributed by atoms with Crippen molar-refractivity contribution in [1.29, 1.82) is 0 Å². The molecule has 1 amide bonds. The van der Waals surface area contributed by atoms with Gasteiger partial charge in [-0.25, -0.2) is 0 Å². The molecule has 1 saturated heterocycles. The third-order valence-corrected chi connectivity index (χ3v) is 7.35. The van der Waals surface area contributed by atoms with Crippen LogP contribution in [0.4, 0.5) is 0 Å². The van der Waals surface area contributed by atoms with Crippen LogP contribution in [0.2, 0.25) is 0 Å². The number of nitrogens with zero attached hydrogens (tertiary/aromatic N) is 2. The van der Waals surface area contributed by atoms with Crippen LogP contribution in [0.3, 0.4) is 0 Å². The lowest BCUT2D eigenvalue weighted by atomic mass is 9.87. The fourth-order valence-corrected chi connectivity index (χ4v) is 5.64. The van der Waals surface area contributed by atoms with Gasteiger partial charge in [0.2, 0.25) is 5.91 Å². The van der Waals surface area contributed by atoms with Gasteiger partial charge >= 0.3 is 0 Å². The Bertz CT molecular complexity index is 1120. The number of aryl methyl sites for hydroxylation is 2. The van der Waals surface area contributed by atoms with E-state index in [4.69, 9.17) is 0 Å². The van der Waals surface area contributed by atoms with Crippen molar-refractivity contribution in [3.8, 4) is 11.3 Å². The van der Waals surface area contributed by atoms with Gasteiger partial charge in [0, 0.05) is 52.8 Å². The standard InChI is InChI=1S/C29H39N3O/c1-7-21(8-2)29(33)32-13-9-10-23(17-32)22-11-12-26-25(16-22)27(18(3)4)28(31-26)24-14-19(5)30-20(6)15-24/h11-12,14-16,18,21,23,31H,7-10,13,17H2,1-6H3. The molecule has 2 aromatic heterocycles. The van der Waals surface area contributed by atoms with Crippen LogP contribution in [-0.2, 0) is 4.79 Å². The largest absolute Gasteiger partial charge is 0.354 e. The van der Waals surface area contributed by atoms with Crippen LogP contribution in [0, 0.1) is 19.8 Å². The molecule has 33 heavy (non-hydrogen) atoms. The highest BCUT2D eigenvalue weighted by Gasteiger charge is 2.28. The molecule has 1 unspecified atom stereocenters. The number of fused-ring (bicyclic) bond motifs is 1. The maximum absolute atomic E-state index is 13.0. The summed E-state index contributed by atoms with van der Waals surface area (Å²) in [5.41, 5.74) is 8.43. The number of nitrogens with one attached hydrogen (secondary N) is 1. The predicted octanol–water partition coefficient (Wildman–Crippen LogP) is 7.11. The van der Waals surface area contributed by atoms with Crippen LogP contribution in [0.25, 0.3) is 22.2 Å². The Morgan fingerprint density at radius 3 is 2.45 bits per heavy atom. The molecule has 1 aromatic carbocycles. The number of carbonyl (C=O) groups excluding carboxylic acids is 1. The minimum atomic E-state index is 0.165. The average molecular weight is 446 g/mol. The van der Waals surface area contributed by atoms with Crippen molar-refractivity contribution in [2.75, 3.05) is 13.1 Å². The minimum Gasteiger partial charge on any atom is -0.354 e. The molecule has 0 aliphatic carbocycles. The maximum Gasteiger partial charge on any atom is 0.225 e. The molecule has 1 aliphatic heterocycles. The highest BCUT2D eigenvalue weighted by atomic mass is 16.2. The van der Waals surface area contributed by atoms with Crippen molar-refractivity contribution in [2.24, 2.45) is 5.92 Å². The van der Waals surface area contributed by atoms with E-state index in [1.54, 1.807) is 0 Å². The smallest absolute Gasteiger partial charge is 0.225 e. The van der Waals surface area contributed by atoms with E-state index < -0.39 is 0 Å². The van der Waals surface area contributed by atoms with Gasteiger partial charge in [0.15, 0.2) is 0 Å². The number of likely N-dealkylation sites (tertiary alicyclic amines) is 1. The summed E-state index contributed by atoms with van der Waals surface area (Å²) >= 11 is 0. The van der Waals surface area contributed by atoms with E-state index in [1.807, 2.05) is 0 Å². The number of hydrogen-bond acceptors (Lipinski definition) is 2. The van der Waals surface area contributed by atoms with E-state index in [0.29, 0.717) is 17.7 Å². The molecule has 1 aliphatic rings. The highest BCUT2D eigenvalue weighted by molar-refractivity contribution is 5.92. The molecule has 0 bridgehead atoms. The fourth-order valence-electron chi connectivity index (χ4n) is 5.64. The molecule has 4 nitrogen and oxygen atoms in total. The summed E-state index contributed by atoms with van der Waals surface area (Å²) in [6.07, 6.45) is 4.09. The first kappa shape index (κ1) is 23.5. The number of H-pyrrole nitrogens is 1. The average Bonchev–Trinajstić information content (AvgIpc) is 3.18. The van der Waals surface area contributed by atoms with Gasteiger partial charge in [-0.15, -0.1) is 0 Å². The first-order valence-corrected chi connectivity index (χ1v) is 12.7. The molecule has 0 radical (unpaired) electrons. The van der Waals surface area contributed by atoms with E-state index in [-0.39, 0.29) is 5.92 Å². The molecule has 4 rings (SSSR count). The number of carbonyl (C=O) groups is 1. The Morgan fingerprint density at radius 2 is 1.82 bits per heavy atom. The maximum atomic E-state index is 13.0. The van der Waals surface area contributed by atoms with Gasteiger partial charge in [-0.3, -0.25) is 9.78 Å². The third-order valence-electron chi connectivity index (χ3n) is 7.35. The van der Waals surface area contributed by atoms with E-state index >= 15 is 0 Å². The second-order valence-corrected chi connectivity index (χ2v) is 10.1. The quantitative estimate of drug-likeness (QED) is 0.439. The molecular weight excluding hydrogens is 406 g/mol. The molecule has 1 N–H and O–H groups in total. The zero-order valence-electron chi connectivity index (χ0n) is 21.2. The van der Waals surface area contributed by atoms with Crippen molar-refractivity contribution < 1.29 is 4.79 Å². The topological polar surface area (TPSA) is 49.0 Å². The Balaban J connectivity index is 1.70. The van der Waals surface area contributed by atoms with E-state index in [0.717, 1.165) is 50.2 Å². The van der Waals surface area contributed by atoms with Crippen LogP contribution < -0.4 is 0 Å². The van der Waals surface area contributed by atoms with Crippen LogP contribution in [0.5, 0.6) is 0 Å². The summed E-state index contributed by atoms with van der Waals surface area (Å²) < 4.78 is 0. The Kier molecular flexibility index (Phi) is 6.92. The van der Waals surface area contributed by atoms with Gasteiger partial charge in [0.1, 0.15) is 0 Å². The van der Waals surface area contributed by atoms with Crippen molar-refractivity contribution in [2.45, 2.75) is 79.1 Å². The second kappa shape index (κ2) is 9.70. The number of aromatic nitrogens is 2. The van der Waals surface area contributed by atoms with E-state index in [1.165, 1.54) is 33.3 Å². The number of hydrogen-bond donors (Lipinski definition) is 1. The summed E-state index contributed by atoms with van der Waals surface area (Å²) in [7, 11) is 0. The van der Waals surface area contributed by atoms with Crippen LogP contribution >= 0.6 is 0 Å². The van der Waals surface area contributed by atoms with Crippen molar-refractivity contribution in [3.05, 3.63) is 52.8 Å². The number of amides is 1.